The van der Waals surface area contributed by atoms with Gasteiger partial charge < -0.3 is 24.2 Å². The van der Waals surface area contributed by atoms with E-state index in [0.717, 1.165) is 0 Å². The second kappa shape index (κ2) is 12.1. The molecule has 0 saturated carbocycles. The van der Waals surface area contributed by atoms with E-state index in [1.807, 2.05) is 0 Å². The molecule has 1 aromatic heterocycles. The SMILES string of the molecule is CC(C)OC(=O)[C@H](C)C[P@@](=O)(Oc1ccccc1)O[C@H](C)[C@H]1O[C@@H](n2cc(F)c(=O)[nH]c2=O)C(O)(CF)[C@H]1O. The summed E-state index contributed by atoms with van der Waals surface area (Å²) in [5.74, 6) is -2.91. The van der Waals surface area contributed by atoms with Gasteiger partial charge in [0, 0.05) is 0 Å². The van der Waals surface area contributed by atoms with Gasteiger partial charge in [0.2, 0.25) is 5.82 Å². The zero-order valence-corrected chi connectivity index (χ0v) is 22.5. The topological polar surface area (TPSA) is 166 Å². The van der Waals surface area contributed by atoms with Crippen LogP contribution < -0.4 is 15.8 Å². The minimum Gasteiger partial charge on any atom is -0.463 e. The average Bonchev–Trinajstić information content (AvgIpc) is 3.12. The van der Waals surface area contributed by atoms with Crippen molar-refractivity contribution in [1.29, 1.82) is 0 Å². The van der Waals surface area contributed by atoms with Crippen molar-refractivity contribution in [3.8, 4) is 5.75 Å². The molecule has 0 aliphatic carbocycles. The maximum atomic E-state index is 14.1. The van der Waals surface area contributed by atoms with Crippen molar-refractivity contribution in [2.24, 2.45) is 5.92 Å². The Hall–Kier alpha value is -2.90. The van der Waals surface area contributed by atoms with Crippen molar-refractivity contribution in [1.82, 2.24) is 9.55 Å². The number of halogens is 2. The van der Waals surface area contributed by atoms with Crippen LogP contribution in [-0.4, -0.2) is 68.6 Å². The molecule has 1 aliphatic rings. The van der Waals surface area contributed by atoms with Crippen LogP contribution in [0.15, 0.2) is 46.1 Å². The maximum absolute atomic E-state index is 14.1. The first-order chi connectivity index (χ1) is 18.2. The van der Waals surface area contributed by atoms with Gasteiger partial charge in [-0.2, -0.15) is 4.39 Å². The molecule has 3 rings (SSSR count). The lowest BCUT2D eigenvalue weighted by atomic mass is 9.93. The van der Waals surface area contributed by atoms with E-state index in [4.69, 9.17) is 18.5 Å². The number of aromatic nitrogens is 2. The third-order valence-electron chi connectivity index (χ3n) is 5.96. The molecule has 1 aliphatic heterocycles. The molecule has 2 heterocycles. The third-order valence-corrected chi connectivity index (χ3v) is 8.09. The van der Waals surface area contributed by atoms with Crippen LogP contribution in [0.1, 0.15) is 33.9 Å². The second-order valence-corrected chi connectivity index (χ2v) is 11.5. The standard InChI is InChI=1S/C24H31F2N2O10P/c1-13(2)35-21(31)14(3)11-39(34,38-16-8-6-5-7-9-16)37-15(4)18-19(29)24(33,12-25)22(36-18)28-10-17(26)20(30)27-23(28)32/h5-10,13-15,18-19,22,29,33H,11-12H2,1-4H3,(H,27,30,32)/t14-,15-,18-,19+,22-,24?,39+/m1/s1. The Labute approximate surface area is 222 Å². The molecule has 2 aromatic rings. The monoisotopic (exact) mass is 576 g/mol. The number of alkyl halides is 1. The molecule has 1 unspecified atom stereocenters. The van der Waals surface area contributed by atoms with E-state index in [1.165, 1.54) is 26.0 Å². The second-order valence-electron chi connectivity index (χ2n) is 9.56. The van der Waals surface area contributed by atoms with Crippen molar-refractivity contribution in [3.63, 3.8) is 0 Å². The van der Waals surface area contributed by atoms with E-state index in [9.17, 15) is 37.9 Å². The van der Waals surface area contributed by atoms with Gasteiger partial charge in [0.05, 0.1) is 30.5 Å². The van der Waals surface area contributed by atoms with Crippen LogP contribution >= 0.6 is 7.60 Å². The number of H-pyrrole nitrogens is 1. The summed E-state index contributed by atoms with van der Waals surface area (Å²) in [4.78, 5) is 37.7. The fourth-order valence-corrected chi connectivity index (χ4v) is 6.13. The number of para-hydroxylation sites is 1. The van der Waals surface area contributed by atoms with Crippen molar-refractivity contribution >= 4 is 13.6 Å². The van der Waals surface area contributed by atoms with E-state index in [2.05, 4.69) is 0 Å². The average molecular weight is 576 g/mol. The third kappa shape index (κ3) is 6.82. The first kappa shape index (κ1) is 30.6. The van der Waals surface area contributed by atoms with Crippen molar-refractivity contribution < 1.29 is 46.9 Å². The molecule has 1 saturated heterocycles. The highest BCUT2D eigenvalue weighted by Gasteiger charge is 2.59. The predicted octanol–water partition coefficient (Wildman–Crippen LogP) is 1.90. The van der Waals surface area contributed by atoms with Crippen LogP contribution in [0.25, 0.3) is 0 Å². The molecule has 12 nitrogen and oxygen atoms in total. The zero-order valence-electron chi connectivity index (χ0n) is 21.7. The number of hydrogen-bond acceptors (Lipinski definition) is 10. The van der Waals surface area contributed by atoms with E-state index in [0.29, 0.717) is 10.8 Å². The van der Waals surface area contributed by atoms with Gasteiger partial charge in [-0.25, -0.2) is 13.8 Å². The number of ether oxygens (including phenoxy) is 2. The molecule has 7 atom stereocenters. The van der Waals surface area contributed by atoms with Crippen molar-refractivity contribution in [2.75, 3.05) is 12.8 Å². The van der Waals surface area contributed by atoms with Gasteiger partial charge >= 0.3 is 19.3 Å². The Morgan fingerprint density at radius 1 is 1.23 bits per heavy atom. The number of rotatable bonds is 11. The molecular weight excluding hydrogens is 545 g/mol. The molecule has 0 bridgehead atoms. The summed E-state index contributed by atoms with van der Waals surface area (Å²) in [6, 6.07) is 7.89. The Balaban J connectivity index is 1.91. The Morgan fingerprint density at radius 2 is 1.87 bits per heavy atom. The van der Waals surface area contributed by atoms with Crippen LogP contribution in [0.5, 0.6) is 5.75 Å². The fourth-order valence-electron chi connectivity index (χ4n) is 4.04. The Kier molecular flexibility index (Phi) is 9.50. The number of carbonyl (C=O) groups is 1. The number of aliphatic hydroxyl groups excluding tert-OH is 1. The molecule has 1 fully saturated rings. The minimum atomic E-state index is -4.24. The smallest absolute Gasteiger partial charge is 0.380 e. The van der Waals surface area contributed by atoms with Gasteiger partial charge in [-0.1, -0.05) is 25.1 Å². The summed E-state index contributed by atoms with van der Waals surface area (Å²) >= 11 is 0. The molecule has 0 amide bonds. The lowest BCUT2D eigenvalue weighted by molar-refractivity contribution is -0.151. The van der Waals surface area contributed by atoms with Crippen LogP contribution in [0.2, 0.25) is 0 Å². The minimum absolute atomic E-state index is 0.138. The number of esters is 1. The summed E-state index contributed by atoms with van der Waals surface area (Å²) < 4.78 is 64.3. The van der Waals surface area contributed by atoms with Crippen LogP contribution in [0.4, 0.5) is 8.78 Å². The van der Waals surface area contributed by atoms with Gasteiger partial charge in [-0.3, -0.25) is 23.7 Å². The number of benzene rings is 1. The van der Waals surface area contributed by atoms with Gasteiger partial charge in [0.1, 0.15) is 24.6 Å². The number of aromatic amines is 1. The van der Waals surface area contributed by atoms with E-state index >= 15 is 0 Å². The first-order valence-corrected chi connectivity index (χ1v) is 13.8. The molecular formula is C24H31F2N2O10P. The number of nitrogens with one attached hydrogen (secondary N) is 1. The Bertz CT molecular complexity index is 1320. The Morgan fingerprint density at radius 3 is 2.46 bits per heavy atom. The highest BCUT2D eigenvalue weighted by Crippen LogP contribution is 2.53. The van der Waals surface area contributed by atoms with Crippen LogP contribution in [0, 0.1) is 11.7 Å². The molecule has 0 radical (unpaired) electrons. The number of carbonyl (C=O) groups excluding carboxylic acids is 1. The summed E-state index contributed by atoms with van der Waals surface area (Å²) in [7, 11) is -4.24. The number of nitrogens with zero attached hydrogens (tertiary/aromatic N) is 1. The fraction of sp³-hybridized carbons (Fsp3) is 0.542. The van der Waals surface area contributed by atoms with Crippen molar-refractivity contribution in [2.45, 2.75) is 63.9 Å². The maximum Gasteiger partial charge on any atom is 0.380 e. The molecule has 3 N–H and O–H groups in total. The lowest BCUT2D eigenvalue weighted by Gasteiger charge is -2.30. The van der Waals surface area contributed by atoms with Gasteiger partial charge in [0.15, 0.2) is 11.8 Å². The summed E-state index contributed by atoms with van der Waals surface area (Å²) in [5, 5.41) is 21.7. The molecule has 1 aromatic carbocycles. The molecule has 15 heteroatoms. The van der Waals surface area contributed by atoms with E-state index in [1.54, 1.807) is 37.0 Å². The normalized spacial score (nSPS) is 26.1. The highest BCUT2D eigenvalue weighted by atomic mass is 31.2. The molecule has 0 spiro atoms. The first-order valence-electron chi connectivity index (χ1n) is 12.1. The van der Waals surface area contributed by atoms with Gasteiger partial charge in [0.25, 0.3) is 5.56 Å². The van der Waals surface area contributed by atoms with Crippen LogP contribution in [-0.2, 0) is 23.4 Å². The van der Waals surface area contributed by atoms with E-state index in [-0.39, 0.29) is 5.75 Å². The lowest BCUT2D eigenvalue weighted by Crippen LogP contribution is -2.52. The molecule has 39 heavy (non-hydrogen) atoms. The number of hydrogen-bond donors (Lipinski definition) is 3. The van der Waals surface area contributed by atoms with E-state index < -0.39 is 85.6 Å². The largest absolute Gasteiger partial charge is 0.463 e. The van der Waals surface area contributed by atoms with Crippen molar-refractivity contribution in [3.05, 3.63) is 63.2 Å². The van der Waals surface area contributed by atoms with Crippen LogP contribution in [0.3, 0.4) is 0 Å². The summed E-state index contributed by atoms with van der Waals surface area (Å²) in [5.41, 5.74) is -5.37. The summed E-state index contributed by atoms with van der Waals surface area (Å²) in [6.45, 7) is 4.37. The predicted molar refractivity (Wildman–Crippen MR) is 133 cm³/mol. The zero-order chi connectivity index (χ0) is 29.1. The van der Waals surface area contributed by atoms with Gasteiger partial charge in [-0.15, -0.1) is 0 Å². The van der Waals surface area contributed by atoms with Gasteiger partial charge in [-0.05, 0) is 32.9 Å². The highest BCUT2D eigenvalue weighted by molar-refractivity contribution is 7.54. The number of aliphatic hydroxyl groups is 2. The molecule has 216 valence electrons. The quantitative estimate of drug-likeness (QED) is 0.266. The summed E-state index contributed by atoms with van der Waals surface area (Å²) in [6.07, 6.45) is -7.58.